The van der Waals surface area contributed by atoms with Crippen LogP contribution in [0.1, 0.15) is 5.56 Å². The lowest BCUT2D eigenvalue weighted by atomic mass is 10.2. The van der Waals surface area contributed by atoms with E-state index in [-0.39, 0.29) is 0 Å². The van der Waals surface area contributed by atoms with Crippen LogP contribution in [0, 0.1) is 11.3 Å². The fourth-order valence-electron chi connectivity index (χ4n) is 1.33. The van der Waals surface area contributed by atoms with Crippen molar-refractivity contribution >= 4 is 28.8 Å². The molecule has 0 bridgehead atoms. The van der Waals surface area contributed by atoms with E-state index in [1.807, 2.05) is 0 Å². The zero-order chi connectivity index (χ0) is 12.3. The maximum atomic E-state index is 8.81. The number of nitrogen functional groups attached to an aromatic ring is 1. The Balaban J connectivity index is 2.29. The van der Waals surface area contributed by atoms with Crippen molar-refractivity contribution in [1.29, 1.82) is 5.26 Å². The molecule has 0 aliphatic rings. The van der Waals surface area contributed by atoms with Crippen molar-refractivity contribution in [2.45, 2.75) is 0 Å². The van der Waals surface area contributed by atoms with E-state index in [1.54, 1.807) is 36.5 Å². The fourth-order valence-corrected chi connectivity index (χ4v) is 1.49. The van der Waals surface area contributed by atoms with Gasteiger partial charge in [-0.3, -0.25) is 0 Å². The van der Waals surface area contributed by atoms with Crippen molar-refractivity contribution < 1.29 is 0 Å². The van der Waals surface area contributed by atoms with Crippen LogP contribution in [-0.4, -0.2) is 4.98 Å². The molecule has 0 saturated carbocycles. The molecule has 0 saturated heterocycles. The molecule has 0 amide bonds. The Morgan fingerprint density at radius 1 is 1.29 bits per heavy atom. The third kappa shape index (κ3) is 2.65. The van der Waals surface area contributed by atoms with Gasteiger partial charge in [-0.05, 0) is 30.3 Å². The number of hydrogen-bond donors (Lipinski definition) is 2. The highest BCUT2D eigenvalue weighted by molar-refractivity contribution is 6.33. The van der Waals surface area contributed by atoms with Crippen LogP contribution in [-0.2, 0) is 0 Å². The molecule has 1 aromatic heterocycles. The van der Waals surface area contributed by atoms with E-state index in [2.05, 4.69) is 16.4 Å². The maximum Gasteiger partial charge on any atom is 0.123 e. The van der Waals surface area contributed by atoms with Crippen LogP contribution in [0.2, 0.25) is 5.02 Å². The monoisotopic (exact) mass is 244 g/mol. The summed E-state index contributed by atoms with van der Waals surface area (Å²) >= 11 is 6.02. The molecule has 0 aliphatic heterocycles. The number of nitrogens with two attached hydrogens (primary N) is 1. The molecule has 2 aromatic rings. The Bertz CT molecular complexity index is 572. The van der Waals surface area contributed by atoms with Gasteiger partial charge in [0.15, 0.2) is 0 Å². The summed E-state index contributed by atoms with van der Waals surface area (Å²) in [6.45, 7) is 0. The van der Waals surface area contributed by atoms with Gasteiger partial charge in [0.1, 0.15) is 5.82 Å². The molecule has 84 valence electrons. The average Bonchev–Trinajstić information content (AvgIpc) is 2.35. The summed E-state index contributed by atoms with van der Waals surface area (Å²) in [7, 11) is 0. The van der Waals surface area contributed by atoms with Crippen LogP contribution in [0.3, 0.4) is 0 Å². The molecule has 1 heterocycles. The van der Waals surface area contributed by atoms with Gasteiger partial charge >= 0.3 is 0 Å². The van der Waals surface area contributed by atoms with E-state index >= 15 is 0 Å². The largest absolute Gasteiger partial charge is 0.384 e. The molecule has 0 atom stereocenters. The lowest BCUT2D eigenvalue weighted by molar-refractivity contribution is 1.33. The molecule has 1 aromatic carbocycles. The normalized spacial score (nSPS) is 9.65. The van der Waals surface area contributed by atoms with Gasteiger partial charge in [0.05, 0.1) is 34.2 Å². The van der Waals surface area contributed by atoms with Crippen LogP contribution in [0.5, 0.6) is 0 Å². The zero-order valence-electron chi connectivity index (χ0n) is 8.81. The van der Waals surface area contributed by atoms with Crippen LogP contribution >= 0.6 is 11.6 Å². The Morgan fingerprint density at radius 2 is 2.12 bits per heavy atom. The van der Waals surface area contributed by atoms with Crippen LogP contribution in [0.4, 0.5) is 17.2 Å². The topological polar surface area (TPSA) is 74.7 Å². The number of benzene rings is 1. The molecule has 0 radical (unpaired) electrons. The minimum atomic E-state index is 0.451. The van der Waals surface area contributed by atoms with Crippen molar-refractivity contribution in [3.63, 3.8) is 0 Å². The molecule has 4 nitrogen and oxygen atoms in total. The summed E-state index contributed by atoms with van der Waals surface area (Å²) in [6, 6.07) is 10.5. The minimum Gasteiger partial charge on any atom is -0.384 e. The predicted octanol–water partition coefficient (Wildman–Crippen LogP) is 2.93. The number of aromatic nitrogens is 1. The molecule has 0 fully saturated rings. The highest BCUT2D eigenvalue weighted by Gasteiger charge is 2.02. The molecule has 0 aliphatic carbocycles. The number of hydrogen-bond acceptors (Lipinski definition) is 4. The van der Waals surface area contributed by atoms with Crippen LogP contribution < -0.4 is 11.1 Å². The van der Waals surface area contributed by atoms with Gasteiger partial charge < -0.3 is 11.1 Å². The van der Waals surface area contributed by atoms with Crippen LogP contribution in [0.25, 0.3) is 0 Å². The quantitative estimate of drug-likeness (QED) is 0.852. The van der Waals surface area contributed by atoms with Gasteiger partial charge in [0, 0.05) is 0 Å². The van der Waals surface area contributed by atoms with Gasteiger partial charge in [-0.15, -0.1) is 0 Å². The van der Waals surface area contributed by atoms with Gasteiger partial charge in [-0.1, -0.05) is 11.6 Å². The van der Waals surface area contributed by atoms with Crippen molar-refractivity contribution in [3.05, 3.63) is 47.1 Å². The first-order chi connectivity index (χ1) is 8.19. The van der Waals surface area contributed by atoms with Gasteiger partial charge in [-0.25, -0.2) is 4.98 Å². The third-order valence-electron chi connectivity index (χ3n) is 2.16. The second kappa shape index (κ2) is 4.73. The molecule has 5 heteroatoms. The lowest BCUT2D eigenvalue weighted by Gasteiger charge is -2.08. The average molecular weight is 245 g/mol. The molecule has 0 unspecified atom stereocenters. The summed E-state index contributed by atoms with van der Waals surface area (Å²) < 4.78 is 0. The van der Waals surface area contributed by atoms with Crippen LogP contribution in [0.15, 0.2) is 36.5 Å². The van der Waals surface area contributed by atoms with E-state index in [1.165, 1.54) is 0 Å². The van der Waals surface area contributed by atoms with Crippen molar-refractivity contribution in [2.24, 2.45) is 0 Å². The number of pyridine rings is 1. The van der Waals surface area contributed by atoms with E-state index in [0.717, 1.165) is 5.69 Å². The summed E-state index contributed by atoms with van der Waals surface area (Å²) in [5, 5.41) is 12.4. The van der Waals surface area contributed by atoms with E-state index in [4.69, 9.17) is 22.6 Å². The minimum absolute atomic E-state index is 0.451. The molecule has 2 rings (SSSR count). The van der Waals surface area contributed by atoms with Gasteiger partial charge in [0.2, 0.25) is 0 Å². The first-order valence-corrected chi connectivity index (χ1v) is 5.25. The first kappa shape index (κ1) is 11.2. The standard InChI is InChI=1S/C12H9ClN4/c13-10-3-1-8(6-14)5-11(10)17-9-2-4-12(15)16-7-9/h1-5,7,17H,(H2,15,16). The zero-order valence-corrected chi connectivity index (χ0v) is 9.57. The highest BCUT2D eigenvalue weighted by Crippen LogP contribution is 2.26. The molecular formula is C12H9ClN4. The third-order valence-corrected chi connectivity index (χ3v) is 2.49. The highest BCUT2D eigenvalue weighted by atomic mass is 35.5. The number of halogens is 1. The molecule has 0 spiro atoms. The Kier molecular flexibility index (Phi) is 3.12. The second-order valence-corrected chi connectivity index (χ2v) is 3.81. The molecule has 3 N–H and O–H groups in total. The maximum absolute atomic E-state index is 8.81. The molecule has 17 heavy (non-hydrogen) atoms. The summed E-state index contributed by atoms with van der Waals surface area (Å²) in [6.07, 6.45) is 1.60. The van der Waals surface area contributed by atoms with Crippen molar-refractivity contribution in [2.75, 3.05) is 11.1 Å². The van der Waals surface area contributed by atoms with Crippen molar-refractivity contribution in [3.8, 4) is 6.07 Å². The van der Waals surface area contributed by atoms with Gasteiger partial charge in [-0.2, -0.15) is 5.26 Å². The number of nitrogens with zero attached hydrogens (tertiary/aromatic N) is 2. The summed E-state index contributed by atoms with van der Waals surface area (Å²) in [4.78, 5) is 3.95. The fraction of sp³-hybridized carbons (Fsp3) is 0. The predicted molar refractivity (Wildman–Crippen MR) is 68.1 cm³/mol. The number of anilines is 3. The SMILES string of the molecule is N#Cc1ccc(Cl)c(Nc2ccc(N)nc2)c1. The van der Waals surface area contributed by atoms with E-state index < -0.39 is 0 Å². The lowest BCUT2D eigenvalue weighted by Crippen LogP contribution is -1.94. The van der Waals surface area contributed by atoms with Gasteiger partial charge in [0.25, 0.3) is 0 Å². The van der Waals surface area contributed by atoms with E-state index in [9.17, 15) is 0 Å². The summed E-state index contributed by atoms with van der Waals surface area (Å²) in [5.74, 6) is 0.451. The van der Waals surface area contributed by atoms with Crippen molar-refractivity contribution in [1.82, 2.24) is 4.98 Å². The Hall–Kier alpha value is -2.25. The second-order valence-electron chi connectivity index (χ2n) is 3.40. The number of nitrogens with one attached hydrogen (secondary N) is 1. The first-order valence-electron chi connectivity index (χ1n) is 4.87. The number of nitriles is 1. The molecular weight excluding hydrogens is 236 g/mol. The summed E-state index contributed by atoms with van der Waals surface area (Å²) in [5.41, 5.74) is 7.45. The van der Waals surface area contributed by atoms with E-state index in [0.29, 0.717) is 22.1 Å². The number of rotatable bonds is 2. The smallest absolute Gasteiger partial charge is 0.123 e. The Labute approximate surface area is 104 Å². The Morgan fingerprint density at radius 3 is 2.76 bits per heavy atom.